The molecule has 98 valence electrons. The molecule has 0 amide bonds. The number of ether oxygens (including phenoxy) is 1. The van der Waals surface area contributed by atoms with Gasteiger partial charge in [-0.2, -0.15) is 0 Å². The Morgan fingerprint density at radius 2 is 1.56 bits per heavy atom. The van der Waals surface area contributed by atoms with E-state index in [1.165, 1.54) is 12.8 Å². The fraction of sp³-hybridized carbons (Fsp3) is 0.692. The zero-order chi connectivity index (χ0) is 13.2. The van der Waals surface area contributed by atoms with Gasteiger partial charge in [0.1, 0.15) is 0 Å². The van der Waals surface area contributed by atoms with Crippen LogP contribution in [0.25, 0.3) is 0 Å². The molecule has 0 heterocycles. The highest BCUT2D eigenvalue weighted by Gasteiger charge is 1.83. The third-order valence-corrected chi connectivity index (χ3v) is 1.38. The average molecular weight is 232 g/mol. The minimum Gasteiger partial charge on any atom is -0.382 e. The molecule has 0 aromatic heterocycles. The average Bonchev–Trinajstić information content (AvgIpc) is 2.31. The summed E-state index contributed by atoms with van der Waals surface area (Å²) in [6.07, 6.45) is 5.02. The molecule has 0 saturated heterocycles. The lowest BCUT2D eigenvalue weighted by Crippen LogP contribution is -1.99. The van der Waals surface area contributed by atoms with Gasteiger partial charge in [-0.05, 0) is 19.8 Å². The highest BCUT2D eigenvalue weighted by molar-refractivity contribution is 4.88. The third kappa shape index (κ3) is 50.5. The molecule has 0 aliphatic heterocycles. The Labute approximate surface area is 100 Å². The normalized spacial score (nSPS) is 8.38. The second-order valence-electron chi connectivity index (χ2n) is 2.91. The Hall–Kier alpha value is -0.640. The molecule has 0 aromatic rings. The molecule has 0 radical (unpaired) electrons. The fourth-order valence-electron chi connectivity index (χ4n) is 0.391. The van der Waals surface area contributed by atoms with Crippen LogP contribution in [0.15, 0.2) is 25.3 Å². The van der Waals surface area contributed by atoms with Crippen LogP contribution < -0.4 is 0 Å². The summed E-state index contributed by atoms with van der Waals surface area (Å²) in [5, 5.41) is 15.8. The summed E-state index contributed by atoms with van der Waals surface area (Å²) in [7, 11) is 0. The first kappa shape index (κ1) is 20.7. The maximum Gasteiger partial charge on any atom is 0.151 e. The van der Waals surface area contributed by atoms with Gasteiger partial charge in [0.15, 0.2) is 6.29 Å². The molecule has 3 heteroatoms. The van der Waals surface area contributed by atoms with Crippen LogP contribution in [0, 0.1) is 0 Å². The van der Waals surface area contributed by atoms with Gasteiger partial charge >= 0.3 is 0 Å². The molecule has 0 rings (SSSR count). The van der Waals surface area contributed by atoms with Gasteiger partial charge in [0.2, 0.25) is 0 Å². The lowest BCUT2D eigenvalue weighted by atomic mass is 10.4. The van der Waals surface area contributed by atoms with Crippen molar-refractivity contribution in [3.63, 3.8) is 0 Å². The zero-order valence-corrected chi connectivity index (χ0v) is 11.0. The van der Waals surface area contributed by atoms with Crippen LogP contribution in [0.1, 0.15) is 40.0 Å². The molecule has 2 N–H and O–H groups in total. The van der Waals surface area contributed by atoms with Gasteiger partial charge in [-0.1, -0.05) is 45.6 Å². The topological polar surface area (TPSA) is 49.7 Å². The first-order valence-electron chi connectivity index (χ1n) is 5.77. The highest BCUT2D eigenvalue weighted by Crippen LogP contribution is 1.85. The monoisotopic (exact) mass is 232 g/mol. The van der Waals surface area contributed by atoms with Crippen molar-refractivity contribution in [1.82, 2.24) is 0 Å². The van der Waals surface area contributed by atoms with Crippen LogP contribution in [-0.4, -0.2) is 29.7 Å². The second-order valence-corrected chi connectivity index (χ2v) is 2.91. The van der Waals surface area contributed by atoms with E-state index in [4.69, 9.17) is 14.9 Å². The summed E-state index contributed by atoms with van der Waals surface area (Å²) in [5.74, 6) is 0. The number of aliphatic hydroxyl groups is 2. The molecule has 0 unspecified atom stereocenters. The van der Waals surface area contributed by atoms with E-state index in [0.29, 0.717) is 6.42 Å². The predicted octanol–water partition coefficient (Wildman–Crippen LogP) is 2.89. The first-order chi connectivity index (χ1) is 7.60. The summed E-state index contributed by atoms with van der Waals surface area (Å²) in [6.45, 7) is 14.4. The largest absolute Gasteiger partial charge is 0.382 e. The van der Waals surface area contributed by atoms with E-state index >= 15 is 0 Å². The standard InChI is InChI=1S/C6H14O.C4H6.C3H8O2/c1-3-5-6-7-4-2;1-3-4-2;1-2-3(4)5/h3-6H2,1-2H3;3-4H,1-2H2;3-5H,2H2,1H3. The first-order valence-corrected chi connectivity index (χ1v) is 5.77. The molecule has 0 bridgehead atoms. The van der Waals surface area contributed by atoms with Gasteiger partial charge in [0.25, 0.3) is 0 Å². The molecule has 0 aromatic carbocycles. The van der Waals surface area contributed by atoms with E-state index in [2.05, 4.69) is 20.1 Å². The van der Waals surface area contributed by atoms with Crippen molar-refractivity contribution >= 4 is 0 Å². The maximum atomic E-state index is 7.92. The summed E-state index contributed by atoms with van der Waals surface area (Å²) >= 11 is 0. The summed E-state index contributed by atoms with van der Waals surface area (Å²) in [4.78, 5) is 0. The second kappa shape index (κ2) is 23.9. The smallest absolute Gasteiger partial charge is 0.151 e. The number of unbranched alkanes of at least 4 members (excludes halogenated alkanes) is 1. The molecule has 0 aliphatic rings. The molecule has 0 aliphatic carbocycles. The predicted molar refractivity (Wildman–Crippen MR) is 70.3 cm³/mol. The van der Waals surface area contributed by atoms with Crippen LogP contribution >= 0.6 is 0 Å². The lowest BCUT2D eigenvalue weighted by Gasteiger charge is -1.94. The fourth-order valence-corrected chi connectivity index (χ4v) is 0.391. The van der Waals surface area contributed by atoms with Gasteiger partial charge in [0.05, 0.1) is 0 Å². The minimum absolute atomic E-state index is 0.417. The molecule has 0 saturated carbocycles. The number of aliphatic hydroxyl groups excluding tert-OH is 1. The van der Waals surface area contributed by atoms with Crippen LogP contribution in [0.3, 0.4) is 0 Å². The van der Waals surface area contributed by atoms with E-state index in [9.17, 15) is 0 Å². The van der Waals surface area contributed by atoms with Crippen LogP contribution in [-0.2, 0) is 4.74 Å². The van der Waals surface area contributed by atoms with E-state index in [-0.39, 0.29) is 0 Å². The summed E-state index contributed by atoms with van der Waals surface area (Å²) < 4.78 is 5.07. The highest BCUT2D eigenvalue weighted by atomic mass is 16.5. The van der Waals surface area contributed by atoms with Crippen molar-refractivity contribution in [3.05, 3.63) is 25.3 Å². The van der Waals surface area contributed by atoms with E-state index < -0.39 is 6.29 Å². The summed E-state index contributed by atoms with van der Waals surface area (Å²) in [5.41, 5.74) is 0. The van der Waals surface area contributed by atoms with E-state index in [1.54, 1.807) is 19.1 Å². The van der Waals surface area contributed by atoms with Crippen LogP contribution in [0.2, 0.25) is 0 Å². The van der Waals surface area contributed by atoms with Crippen molar-refractivity contribution in [2.24, 2.45) is 0 Å². The van der Waals surface area contributed by atoms with E-state index in [0.717, 1.165) is 13.2 Å². The van der Waals surface area contributed by atoms with Crippen LogP contribution in [0.5, 0.6) is 0 Å². The molecule has 0 fully saturated rings. The van der Waals surface area contributed by atoms with Crippen molar-refractivity contribution < 1.29 is 14.9 Å². The SMILES string of the molecule is C=CC=C.CCC(O)O.CCCCOCC. The number of hydrogen-bond acceptors (Lipinski definition) is 3. The van der Waals surface area contributed by atoms with Gasteiger partial charge in [0, 0.05) is 13.2 Å². The van der Waals surface area contributed by atoms with Crippen molar-refractivity contribution in [1.29, 1.82) is 0 Å². The van der Waals surface area contributed by atoms with Gasteiger partial charge in [-0.15, -0.1) is 0 Å². The lowest BCUT2D eigenvalue weighted by molar-refractivity contribution is -0.0413. The summed E-state index contributed by atoms with van der Waals surface area (Å²) in [6, 6.07) is 0. The third-order valence-electron chi connectivity index (χ3n) is 1.38. The Balaban J connectivity index is -0.000000166. The molecule has 0 spiro atoms. The minimum atomic E-state index is -1.12. The number of rotatable bonds is 6. The van der Waals surface area contributed by atoms with Crippen LogP contribution in [0.4, 0.5) is 0 Å². The van der Waals surface area contributed by atoms with Crippen molar-refractivity contribution in [3.8, 4) is 0 Å². The Kier molecular flexibility index (Phi) is 30.9. The van der Waals surface area contributed by atoms with Gasteiger partial charge in [-0.25, -0.2) is 0 Å². The molecule has 3 nitrogen and oxygen atoms in total. The quantitative estimate of drug-likeness (QED) is 0.420. The Morgan fingerprint density at radius 3 is 1.75 bits per heavy atom. The zero-order valence-electron chi connectivity index (χ0n) is 11.0. The molecular formula is C13H28O3. The maximum absolute atomic E-state index is 7.92. The molecular weight excluding hydrogens is 204 g/mol. The molecule has 0 atom stereocenters. The Morgan fingerprint density at radius 1 is 1.12 bits per heavy atom. The Bertz CT molecular complexity index is 112. The van der Waals surface area contributed by atoms with Crippen molar-refractivity contribution in [2.75, 3.05) is 13.2 Å². The number of hydrogen-bond donors (Lipinski definition) is 2. The van der Waals surface area contributed by atoms with E-state index in [1.807, 2.05) is 6.92 Å². The molecule has 16 heavy (non-hydrogen) atoms. The van der Waals surface area contributed by atoms with Gasteiger partial charge in [-0.3, -0.25) is 0 Å². The van der Waals surface area contributed by atoms with Gasteiger partial charge < -0.3 is 14.9 Å². The van der Waals surface area contributed by atoms with Crippen molar-refractivity contribution in [2.45, 2.75) is 46.3 Å². The number of allylic oxidation sites excluding steroid dienone is 2.